The van der Waals surface area contributed by atoms with Gasteiger partial charge < -0.3 is 20.9 Å². The second-order valence-electron chi connectivity index (χ2n) is 4.55. The standard InChI is InChI=1S/C14H18N2O5/c1-8-3-4-9(7-10(8)15)13(18)16-11(14(19)20)5-6-12(17)21-2/h3-4,7,11H,5-6,15H2,1-2H3,(H,16,18)(H,19,20)/t11-/m0/s1. The molecule has 0 spiro atoms. The molecule has 1 atom stereocenters. The van der Waals surface area contributed by atoms with Crippen LogP contribution in [-0.4, -0.2) is 36.1 Å². The van der Waals surface area contributed by atoms with Crippen LogP contribution >= 0.6 is 0 Å². The van der Waals surface area contributed by atoms with Gasteiger partial charge in [-0.25, -0.2) is 4.79 Å². The zero-order valence-electron chi connectivity index (χ0n) is 11.9. The molecular weight excluding hydrogens is 276 g/mol. The van der Waals surface area contributed by atoms with Crippen molar-refractivity contribution < 1.29 is 24.2 Å². The van der Waals surface area contributed by atoms with Crippen LogP contribution in [0.3, 0.4) is 0 Å². The van der Waals surface area contributed by atoms with Crippen molar-refractivity contribution in [3.8, 4) is 0 Å². The lowest BCUT2D eigenvalue weighted by Gasteiger charge is -2.14. The Bertz CT molecular complexity index is 556. The maximum Gasteiger partial charge on any atom is 0.326 e. The maximum absolute atomic E-state index is 12.0. The smallest absolute Gasteiger partial charge is 0.326 e. The number of benzene rings is 1. The van der Waals surface area contributed by atoms with Gasteiger partial charge in [0.15, 0.2) is 0 Å². The molecule has 0 fully saturated rings. The third-order valence-electron chi connectivity index (χ3n) is 3.01. The molecule has 0 saturated carbocycles. The molecule has 0 radical (unpaired) electrons. The van der Waals surface area contributed by atoms with Gasteiger partial charge >= 0.3 is 11.9 Å². The predicted molar refractivity (Wildman–Crippen MR) is 75.7 cm³/mol. The number of rotatable bonds is 6. The van der Waals surface area contributed by atoms with E-state index in [1.54, 1.807) is 19.1 Å². The predicted octanol–water partition coefficient (Wildman–Crippen LogP) is 0.713. The van der Waals surface area contributed by atoms with Crippen LogP contribution in [0.1, 0.15) is 28.8 Å². The number of nitrogens with two attached hydrogens (primary N) is 1. The molecular formula is C14H18N2O5. The SMILES string of the molecule is COC(=O)CC[C@H](NC(=O)c1ccc(C)c(N)c1)C(=O)O. The van der Waals surface area contributed by atoms with E-state index in [0.717, 1.165) is 5.56 Å². The van der Waals surface area contributed by atoms with Crippen molar-refractivity contribution in [3.05, 3.63) is 29.3 Å². The number of amides is 1. The lowest BCUT2D eigenvalue weighted by molar-refractivity contribution is -0.142. The summed E-state index contributed by atoms with van der Waals surface area (Å²) in [5.41, 5.74) is 7.25. The maximum atomic E-state index is 12.0. The average molecular weight is 294 g/mol. The second kappa shape index (κ2) is 7.28. The molecule has 1 aromatic rings. The van der Waals surface area contributed by atoms with Crippen molar-refractivity contribution in [2.24, 2.45) is 0 Å². The van der Waals surface area contributed by atoms with E-state index in [-0.39, 0.29) is 18.4 Å². The molecule has 4 N–H and O–H groups in total. The number of ether oxygens (including phenoxy) is 1. The van der Waals surface area contributed by atoms with E-state index in [4.69, 9.17) is 10.8 Å². The zero-order chi connectivity index (χ0) is 16.0. The number of esters is 1. The van der Waals surface area contributed by atoms with Gasteiger partial charge in [0.2, 0.25) is 0 Å². The number of aliphatic carboxylic acids is 1. The van der Waals surface area contributed by atoms with Crippen LogP contribution in [0.4, 0.5) is 5.69 Å². The monoisotopic (exact) mass is 294 g/mol. The summed E-state index contributed by atoms with van der Waals surface area (Å²) in [6, 6.07) is 3.54. The van der Waals surface area contributed by atoms with Crippen LogP contribution in [0.2, 0.25) is 0 Å². The van der Waals surface area contributed by atoms with Gasteiger partial charge in [-0.15, -0.1) is 0 Å². The molecule has 0 aromatic heterocycles. The molecule has 7 nitrogen and oxygen atoms in total. The highest BCUT2D eigenvalue weighted by Crippen LogP contribution is 2.13. The summed E-state index contributed by atoms with van der Waals surface area (Å²) in [6.07, 6.45) is -0.140. The molecule has 0 heterocycles. The third-order valence-corrected chi connectivity index (χ3v) is 3.01. The van der Waals surface area contributed by atoms with E-state index in [1.165, 1.54) is 13.2 Å². The number of hydrogen-bond acceptors (Lipinski definition) is 5. The van der Waals surface area contributed by atoms with Crippen molar-refractivity contribution >= 4 is 23.5 Å². The minimum Gasteiger partial charge on any atom is -0.480 e. The van der Waals surface area contributed by atoms with E-state index in [1.807, 2.05) is 0 Å². The van der Waals surface area contributed by atoms with Crippen molar-refractivity contribution in [1.29, 1.82) is 0 Å². The van der Waals surface area contributed by atoms with Gasteiger partial charge in [0, 0.05) is 17.7 Å². The fraction of sp³-hybridized carbons (Fsp3) is 0.357. The first kappa shape index (κ1) is 16.5. The molecule has 1 amide bonds. The summed E-state index contributed by atoms with van der Waals surface area (Å²) >= 11 is 0. The van der Waals surface area contributed by atoms with E-state index in [2.05, 4.69) is 10.1 Å². The van der Waals surface area contributed by atoms with Crippen LogP contribution in [-0.2, 0) is 14.3 Å². The van der Waals surface area contributed by atoms with Gasteiger partial charge in [0.25, 0.3) is 5.91 Å². The number of carboxylic acid groups (broad SMARTS) is 1. The summed E-state index contributed by atoms with van der Waals surface area (Å²) < 4.78 is 4.44. The summed E-state index contributed by atoms with van der Waals surface area (Å²) in [7, 11) is 1.21. The Balaban J connectivity index is 2.74. The van der Waals surface area contributed by atoms with Gasteiger partial charge in [0.1, 0.15) is 6.04 Å². The summed E-state index contributed by atoms with van der Waals surface area (Å²) in [5, 5.41) is 11.4. The largest absolute Gasteiger partial charge is 0.480 e. The van der Waals surface area contributed by atoms with Crippen molar-refractivity contribution in [1.82, 2.24) is 5.32 Å². The number of nitrogens with one attached hydrogen (secondary N) is 1. The number of nitrogen functional groups attached to an aromatic ring is 1. The van der Waals surface area contributed by atoms with E-state index < -0.39 is 23.9 Å². The summed E-state index contributed by atoms with van der Waals surface area (Å²) in [5.74, 6) is -2.30. The summed E-state index contributed by atoms with van der Waals surface area (Å²) in [4.78, 5) is 34.1. The Morgan fingerprint density at radius 3 is 2.57 bits per heavy atom. The van der Waals surface area contributed by atoms with E-state index in [9.17, 15) is 14.4 Å². The molecule has 114 valence electrons. The highest BCUT2D eigenvalue weighted by Gasteiger charge is 2.22. The number of carboxylic acids is 1. The fourth-order valence-corrected chi connectivity index (χ4v) is 1.64. The van der Waals surface area contributed by atoms with Crippen LogP contribution in [0.25, 0.3) is 0 Å². The third kappa shape index (κ3) is 4.79. The van der Waals surface area contributed by atoms with E-state index >= 15 is 0 Å². The molecule has 21 heavy (non-hydrogen) atoms. The van der Waals surface area contributed by atoms with Crippen LogP contribution in [0.15, 0.2) is 18.2 Å². The van der Waals surface area contributed by atoms with Gasteiger partial charge in [-0.2, -0.15) is 0 Å². The number of carbonyl (C=O) groups excluding carboxylic acids is 2. The van der Waals surface area contributed by atoms with Crippen LogP contribution in [0, 0.1) is 6.92 Å². The van der Waals surface area contributed by atoms with Crippen molar-refractivity contribution in [2.75, 3.05) is 12.8 Å². The fourth-order valence-electron chi connectivity index (χ4n) is 1.64. The molecule has 0 saturated heterocycles. The minimum absolute atomic E-state index is 0.0465. The Hall–Kier alpha value is -2.57. The Morgan fingerprint density at radius 1 is 1.38 bits per heavy atom. The topological polar surface area (TPSA) is 119 Å². The van der Waals surface area contributed by atoms with Crippen molar-refractivity contribution in [2.45, 2.75) is 25.8 Å². The lowest BCUT2D eigenvalue weighted by atomic mass is 10.1. The van der Waals surface area contributed by atoms with Gasteiger partial charge in [-0.05, 0) is 31.0 Å². The van der Waals surface area contributed by atoms with Crippen LogP contribution < -0.4 is 11.1 Å². The van der Waals surface area contributed by atoms with Crippen LogP contribution in [0.5, 0.6) is 0 Å². The minimum atomic E-state index is -1.22. The Kier molecular flexibility index (Phi) is 5.71. The molecule has 0 aliphatic heterocycles. The second-order valence-corrected chi connectivity index (χ2v) is 4.55. The highest BCUT2D eigenvalue weighted by molar-refractivity contribution is 5.97. The molecule has 1 rings (SSSR count). The number of carbonyl (C=O) groups is 3. The molecule has 0 aliphatic rings. The number of aryl methyl sites for hydroxylation is 1. The normalized spacial score (nSPS) is 11.5. The first-order chi connectivity index (χ1) is 9.85. The first-order valence-electron chi connectivity index (χ1n) is 6.31. The van der Waals surface area contributed by atoms with Gasteiger partial charge in [0.05, 0.1) is 7.11 Å². The molecule has 0 aliphatic carbocycles. The first-order valence-corrected chi connectivity index (χ1v) is 6.31. The van der Waals surface area contributed by atoms with Crippen molar-refractivity contribution in [3.63, 3.8) is 0 Å². The summed E-state index contributed by atoms with van der Waals surface area (Å²) in [6.45, 7) is 1.80. The molecule has 7 heteroatoms. The quantitative estimate of drug-likeness (QED) is 0.525. The molecule has 0 bridgehead atoms. The molecule has 0 unspecified atom stereocenters. The number of methoxy groups -OCH3 is 1. The Labute approximate surface area is 122 Å². The average Bonchev–Trinajstić information content (AvgIpc) is 2.45. The van der Waals surface area contributed by atoms with Gasteiger partial charge in [-0.1, -0.05) is 6.07 Å². The molecule has 1 aromatic carbocycles. The lowest BCUT2D eigenvalue weighted by Crippen LogP contribution is -2.41. The zero-order valence-corrected chi connectivity index (χ0v) is 11.9. The highest BCUT2D eigenvalue weighted by atomic mass is 16.5. The number of anilines is 1. The Morgan fingerprint density at radius 2 is 2.05 bits per heavy atom. The van der Waals surface area contributed by atoms with E-state index in [0.29, 0.717) is 5.69 Å². The number of hydrogen-bond donors (Lipinski definition) is 3. The van der Waals surface area contributed by atoms with Gasteiger partial charge in [-0.3, -0.25) is 9.59 Å².